The summed E-state index contributed by atoms with van der Waals surface area (Å²) in [4.78, 5) is 2.47. The number of hydrogen-bond donors (Lipinski definition) is 0. The first kappa shape index (κ1) is 17.9. The van der Waals surface area contributed by atoms with Crippen molar-refractivity contribution in [1.82, 2.24) is 4.90 Å². The van der Waals surface area contributed by atoms with Crippen LogP contribution in [0.4, 0.5) is 0 Å². The summed E-state index contributed by atoms with van der Waals surface area (Å²) in [6, 6.07) is 2.79. The van der Waals surface area contributed by atoms with Gasteiger partial charge in [0.15, 0.2) is 0 Å². The van der Waals surface area contributed by atoms with Crippen LogP contribution < -0.4 is 0 Å². The molecular weight excluding hydrogens is 288 g/mol. The Morgan fingerprint density at radius 3 is 2.11 bits per heavy atom. The molecule has 0 N–H and O–H groups in total. The molecule has 0 heterocycles. The van der Waals surface area contributed by atoms with Gasteiger partial charge in [-0.3, -0.25) is 4.90 Å². The standard InChI is InChI=1S/C15H29BrN2/c1-5-8-15(12-16,9-6-2)13-18(14(3)4)11-7-10-17/h14H,5-9,11-13H2,1-4H3. The van der Waals surface area contributed by atoms with Crippen LogP contribution in [-0.2, 0) is 0 Å². The third-order valence-electron chi connectivity index (χ3n) is 3.62. The number of rotatable bonds is 10. The minimum Gasteiger partial charge on any atom is -0.299 e. The topological polar surface area (TPSA) is 27.0 Å². The molecule has 106 valence electrons. The highest BCUT2D eigenvalue weighted by atomic mass is 79.9. The van der Waals surface area contributed by atoms with Crippen LogP contribution in [0.15, 0.2) is 0 Å². The Kier molecular flexibility index (Phi) is 9.77. The summed E-state index contributed by atoms with van der Waals surface area (Å²) in [5.74, 6) is 0. The molecular formula is C15H29BrN2. The molecule has 0 aromatic carbocycles. The number of halogens is 1. The van der Waals surface area contributed by atoms with Gasteiger partial charge in [0.25, 0.3) is 0 Å². The van der Waals surface area contributed by atoms with Crippen molar-refractivity contribution in [3.8, 4) is 6.07 Å². The van der Waals surface area contributed by atoms with Gasteiger partial charge < -0.3 is 0 Å². The van der Waals surface area contributed by atoms with Gasteiger partial charge in [0.05, 0.1) is 6.07 Å². The molecule has 0 unspecified atom stereocenters. The van der Waals surface area contributed by atoms with Crippen molar-refractivity contribution in [2.24, 2.45) is 5.41 Å². The number of alkyl halides is 1. The lowest BCUT2D eigenvalue weighted by atomic mass is 9.80. The lowest BCUT2D eigenvalue weighted by molar-refractivity contribution is 0.122. The molecule has 0 rings (SSSR count). The highest BCUT2D eigenvalue weighted by Crippen LogP contribution is 2.33. The number of hydrogen-bond acceptors (Lipinski definition) is 2. The fourth-order valence-electron chi connectivity index (χ4n) is 2.66. The molecule has 0 aromatic heterocycles. The molecule has 3 heteroatoms. The second kappa shape index (κ2) is 9.81. The molecule has 0 aliphatic heterocycles. The summed E-state index contributed by atoms with van der Waals surface area (Å²) in [5, 5.41) is 9.84. The third-order valence-corrected chi connectivity index (χ3v) is 4.81. The van der Waals surface area contributed by atoms with Crippen LogP contribution in [0.25, 0.3) is 0 Å². The first-order valence-electron chi connectivity index (χ1n) is 7.22. The molecule has 0 spiro atoms. The Hall–Kier alpha value is -0.0700. The first-order chi connectivity index (χ1) is 8.55. The largest absolute Gasteiger partial charge is 0.299 e. The van der Waals surface area contributed by atoms with Crippen LogP contribution in [0.3, 0.4) is 0 Å². The summed E-state index contributed by atoms with van der Waals surface area (Å²) in [6.45, 7) is 11.0. The Balaban J connectivity index is 4.72. The fourth-order valence-corrected chi connectivity index (χ4v) is 3.40. The minimum absolute atomic E-state index is 0.378. The maximum atomic E-state index is 8.77. The summed E-state index contributed by atoms with van der Waals surface area (Å²) in [5.41, 5.74) is 0.378. The Morgan fingerprint density at radius 2 is 1.78 bits per heavy atom. The zero-order chi connectivity index (χ0) is 14.0. The van der Waals surface area contributed by atoms with Gasteiger partial charge in [0.2, 0.25) is 0 Å². The maximum Gasteiger partial charge on any atom is 0.0635 e. The van der Waals surface area contributed by atoms with Crippen LogP contribution in [-0.4, -0.2) is 29.4 Å². The van der Waals surface area contributed by atoms with Crippen molar-refractivity contribution in [2.75, 3.05) is 18.4 Å². The van der Waals surface area contributed by atoms with Gasteiger partial charge in [-0.15, -0.1) is 0 Å². The van der Waals surface area contributed by atoms with E-state index in [4.69, 9.17) is 5.26 Å². The van der Waals surface area contributed by atoms with E-state index in [1.165, 1.54) is 25.7 Å². The van der Waals surface area contributed by atoms with Crippen LogP contribution in [0, 0.1) is 16.7 Å². The average molecular weight is 317 g/mol. The highest BCUT2D eigenvalue weighted by molar-refractivity contribution is 9.09. The maximum absolute atomic E-state index is 8.77. The van der Waals surface area contributed by atoms with Crippen molar-refractivity contribution >= 4 is 15.9 Å². The number of nitriles is 1. The van der Waals surface area contributed by atoms with Gasteiger partial charge in [-0.2, -0.15) is 5.26 Å². The third kappa shape index (κ3) is 6.20. The Bertz CT molecular complexity index is 239. The van der Waals surface area contributed by atoms with E-state index in [-0.39, 0.29) is 0 Å². The summed E-state index contributed by atoms with van der Waals surface area (Å²) < 4.78 is 0. The molecule has 0 saturated carbocycles. The Morgan fingerprint density at radius 1 is 1.22 bits per heavy atom. The molecule has 0 aliphatic carbocycles. The van der Waals surface area contributed by atoms with E-state index in [1.54, 1.807) is 0 Å². The zero-order valence-corrected chi connectivity index (χ0v) is 14.1. The zero-order valence-electron chi connectivity index (χ0n) is 12.5. The van der Waals surface area contributed by atoms with E-state index in [0.29, 0.717) is 17.9 Å². The van der Waals surface area contributed by atoms with Crippen LogP contribution in [0.5, 0.6) is 0 Å². The monoisotopic (exact) mass is 316 g/mol. The van der Waals surface area contributed by atoms with Crippen LogP contribution in [0.1, 0.15) is 59.8 Å². The number of nitrogens with zero attached hydrogens (tertiary/aromatic N) is 2. The molecule has 0 aromatic rings. The van der Waals surface area contributed by atoms with Crippen LogP contribution >= 0.6 is 15.9 Å². The van der Waals surface area contributed by atoms with E-state index in [1.807, 2.05) is 0 Å². The van der Waals surface area contributed by atoms with E-state index >= 15 is 0 Å². The van der Waals surface area contributed by atoms with Crippen molar-refractivity contribution < 1.29 is 0 Å². The lowest BCUT2D eigenvalue weighted by Gasteiger charge is -2.39. The molecule has 0 bridgehead atoms. The van der Waals surface area contributed by atoms with E-state index < -0.39 is 0 Å². The second-order valence-electron chi connectivity index (χ2n) is 5.61. The van der Waals surface area contributed by atoms with Crippen LogP contribution in [0.2, 0.25) is 0 Å². The van der Waals surface area contributed by atoms with E-state index in [9.17, 15) is 0 Å². The average Bonchev–Trinajstić information content (AvgIpc) is 2.34. The summed E-state index contributed by atoms with van der Waals surface area (Å²) >= 11 is 3.73. The first-order valence-corrected chi connectivity index (χ1v) is 8.34. The molecule has 0 amide bonds. The normalized spacial score (nSPS) is 12.1. The molecule has 0 atom stereocenters. The van der Waals surface area contributed by atoms with E-state index in [2.05, 4.69) is 54.6 Å². The smallest absolute Gasteiger partial charge is 0.0635 e. The van der Waals surface area contributed by atoms with Gasteiger partial charge in [0, 0.05) is 30.9 Å². The van der Waals surface area contributed by atoms with Gasteiger partial charge in [-0.1, -0.05) is 42.6 Å². The predicted molar refractivity (Wildman–Crippen MR) is 83.0 cm³/mol. The van der Waals surface area contributed by atoms with Crippen molar-refractivity contribution in [3.63, 3.8) is 0 Å². The highest BCUT2D eigenvalue weighted by Gasteiger charge is 2.30. The van der Waals surface area contributed by atoms with E-state index in [0.717, 1.165) is 18.4 Å². The second-order valence-corrected chi connectivity index (χ2v) is 6.17. The van der Waals surface area contributed by atoms with Crippen molar-refractivity contribution in [3.05, 3.63) is 0 Å². The summed E-state index contributed by atoms with van der Waals surface area (Å²) in [7, 11) is 0. The molecule has 0 saturated heterocycles. The molecule has 0 aliphatic rings. The van der Waals surface area contributed by atoms with Gasteiger partial charge >= 0.3 is 0 Å². The van der Waals surface area contributed by atoms with Gasteiger partial charge in [-0.05, 0) is 32.1 Å². The van der Waals surface area contributed by atoms with Gasteiger partial charge in [0.1, 0.15) is 0 Å². The fraction of sp³-hybridized carbons (Fsp3) is 0.933. The Labute approximate surface area is 122 Å². The lowest BCUT2D eigenvalue weighted by Crippen LogP contribution is -2.43. The molecule has 2 nitrogen and oxygen atoms in total. The van der Waals surface area contributed by atoms with Crippen molar-refractivity contribution in [1.29, 1.82) is 5.26 Å². The van der Waals surface area contributed by atoms with Crippen molar-refractivity contribution in [2.45, 2.75) is 65.8 Å². The SMILES string of the molecule is CCCC(CBr)(CCC)CN(CCC#N)C(C)C. The minimum atomic E-state index is 0.378. The molecule has 18 heavy (non-hydrogen) atoms. The molecule has 0 fully saturated rings. The quantitative estimate of drug-likeness (QED) is 0.551. The molecule has 0 radical (unpaired) electrons. The van der Waals surface area contributed by atoms with Gasteiger partial charge in [-0.25, -0.2) is 0 Å². The predicted octanol–water partition coefficient (Wildman–Crippen LogP) is 4.59. The summed E-state index contributed by atoms with van der Waals surface area (Å²) in [6.07, 6.45) is 5.63.